The zero-order valence-corrected chi connectivity index (χ0v) is 10.2. The molecule has 1 aliphatic carbocycles. The molecule has 0 N–H and O–H groups in total. The van der Waals surface area contributed by atoms with E-state index >= 15 is 0 Å². The molecule has 0 amide bonds. The van der Waals surface area contributed by atoms with E-state index in [1.54, 1.807) is 5.57 Å². The standard InChI is InChI=1S/C10H18.C3H8/c1-5-10-8(3)6-7(2)9(10)4;1-3-2/h6,8-10H,5H2,1-4H3;3H2,1-2H3. The Kier molecular flexibility index (Phi) is 6.11. The minimum absolute atomic E-state index is 0.819. The Bertz CT molecular complexity index is 155. The Labute approximate surface area is 84.4 Å². The van der Waals surface area contributed by atoms with Crippen LogP contribution < -0.4 is 0 Å². The van der Waals surface area contributed by atoms with Gasteiger partial charge in [-0.05, 0) is 24.7 Å². The summed E-state index contributed by atoms with van der Waals surface area (Å²) in [4.78, 5) is 0. The van der Waals surface area contributed by atoms with Crippen molar-refractivity contribution in [2.24, 2.45) is 17.8 Å². The fourth-order valence-electron chi connectivity index (χ4n) is 2.21. The van der Waals surface area contributed by atoms with Gasteiger partial charge in [0.2, 0.25) is 0 Å². The van der Waals surface area contributed by atoms with Gasteiger partial charge in [0.15, 0.2) is 0 Å². The molecule has 0 heterocycles. The summed E-state index contributed by atoms with van der Waals surface area (Å²) in [5.74, 6) is 2.57. The topological polar surface area (TPSA) is 0 Å². The monoisotopic (exact) mass is 182 g/mol. The number of hydrogen-bond acceptors (Lipinski definition) is 0. The van der Waals surface area contributed by atoms with Crippen LogP contribution in [0.15, 0.2) is 11.6 Å². The van der Waals surface area contributed by atoms with Gasteiger partial charge < -0.3 is 0 Å². The van der Waals surface area contributed by atoms with Gasteiger partial charge in [0.1, 0.15) is 0 Å². The van der Waals surface area contributed by atoms with Gasteiger partial charge in [0, 0.05) is 0 Å². The summed E-state index contributed by atoms with van der Waals surface area (Å²) < 4.78 is 0. The lowest BCUT2D eigenvalue weighted by atomic mass is 9.86. The highest BCUT2D eigenvalue weighted by atomic mass is 14.3. The Morgan fingerprint density at radius 3 is 1.77 bits per heavy atom. The maximum absolute atomic E-state index is 2.43. The van der Waals surface area contributed by atoms with Crippen molar-refractivity contribution in [1.82, 2.24) is 0 Å². The molecule has 0 fully saturated rings. The van der Waals surface area contributed by atoms with Crippen molar-refractivity contribution in [2.75, 3.05) is 0 Å². The van der Waals surface area contributed by atoms with Crippen LogP contribution in [-0.4, -0.2) is 0 Å². The molecule has 1 aliphatic rings. The molecule has 78 valence electrons. The lowest BCUT2D eigenvalue weighted by Crippen LogP contribution is -2.10. The quantitative estimate of drug-likeness (QED) is 0.517. The van der Waals surface area contributed by atoms with Gasteiger partial charge in [0.05, 0.1) is 0 Å². The predicted octanol–water partition coefficient (Wildman–Crippen LogP) is 4.66. The second-order valence-corrected chi connectivity index (χ2v) is 4.34. The summed E-state index contributed by atoms with van der Waals surface area (Å²) in [5, 5.41) is 0. The van der Waals surface area contributed by atoms with Crippen molar-refractivity contribution in [3.63, 3.8) is 0 Å². The Morgan fingerprint density at radius 2 is 1.62 bits per heavy atom. The molecule has 0 heteroatoms. The summed E-state index contributed by atoms with van der Waals surface area (Å²) in [6, 6.07) is 0. The van der Waals surface area contributed by atoms with E-state index < -0.39 is 0 Å². The summed E-state index contributed by atoms with van der Waals surface area (Å²) in [7, 11) is 0. The van der Waals surface area contributed by atoms with Crippen molar-refractivity contribution in [3.05, 3.63) is 11.6 Å². The molecule has 0 radical (unpaired) electrons. The molecule has 0 saturated carbocycles. The molecular weight excluding hydrogens is 156 g/mol. The molecule has 0 aliphatic heterocycles. The molecule has 0 aromatic heterocycles. The van der Waals surface area contributed by atoms with Crippen LogP contribution in [0.5, 0.6) is 0 Å². The van der Waals surface area contributed by atoms with Gasteiger partial charge in [-0.25, -0.2) is 0 Å². The molecule has 0 saturated heterocycles. The zero-order chi connectivity index (χ0) is 10.4. The smallest absolute Gasteiger partial charge is 0.0201 e. The van der Waals surface area contributed by atoms with E-state index in [1.807, 2.05) is 0 Å². The molecule has 3 unspecified atom stereocenters. The second kappa shape index (κ2) is 6.23. The summed E-state index contributed by atoms with van der Waals surface area (Å²) in [6.07, 6.45) is 5.01. The maximum atomic E-state index is 2.43. The first-order valence-electron chi connectivity index (χ1n) is 5.76. The van der Waals surface area contributed by atoms with Gasteiger partial charge >= 0.3 is 0 Å². The maximum Gasteiger partial charge on any atom is -0.0201 e. The van der Waals surface area contributed by atoms with Crippen molar-refractivity contribution < 1.29 is 0 Å². The highest BCUT2D eigenvalue weighted by molar-refractivity contribution is 5.14. The van der Waals surface area contributed by atoms with Crippen molar-refractivity contribution in [2.45, 2.75) is 54.4 Å². The third-order valence-electron chi connectivity index (χ3n) is 3.03. The van der Waals surface area contributed by atoms with E-state index in [1.165, 1.54) is 12.8 Å². The van der Waals surface area contributed by atoms with Gasteiger partial charge in [-0.3, -0.25) is 0 Å². The first kappa shape index (κ1) is 12.7. The SMILES string of the molecule is CCC.CCC1C(C)C=C(C)C1C. The molecule has 0 spiro atoms. The van der Waals surface area contributed by atoms with Gasteiger partial charge in [-0.15, -0.1) is 0 Å². The van der Waals surface area contributed by atoms with Crippen LogP contribution in [0.1, 0.15) is 54.4 Å². The van der Waals surface area contributed by atoms with E-state index in [-0.39, 0.29) is 0 Å². The van der Waals surface area contributed by atoms with Crippen LogP contribution in [0.2, 0.25) is 0 Å². The predicted molar refractivity (Wildman–Crippen MR) is 61.8 cm³/mol. The van der Waals surface area contributed by atoms with Gasteiger partial charge in [0.25, 0.3) is 0 Å². The van der Waals surface area contributed by atoms with Crippen molar-refractivity contribution in [3.8, 4) is 0 Å². The van der Waals surface area contributed by atoms with E-state index in [4.69, 9.17) is 0 Å². The fraction of sp³-hybridized carbons (Fsp3) is 0.846. The number of allylic oxidation sites excluding steroid dienone is 2. The number of hydrogen-bond donors (Lipinski definition) is 0. The molecular formula is C13H26. The first-order valence-corrected chi connectivity index (χ1v) is 5.76. The van der Waals surface area contributed by atoms with Crippen LogP contribution in [0, 0.1) is 17.8 Å². The third-order valence-corrected chi connectivity index (χ3v) is 3.03. The van der Waals surface area contributed by atoms with Crippen LogP contribution in [0.3, 0.4) is 0 Å². The number of rotatable bonds is 1. The first-order chi connectivity index (χ1) is 6.08. The molecule has 13 heavy (non-hydrogen) atoms. The Balaban J connectivity index is 0.000000424. The Morgan fingerprint density at radius 1 is 1.15 bits per heavy atom. The van der Waals surface area contributed by atoms with Crippen molar-refractivity contribution in [1.29, 1.82) is 0 Å². The van der Waals surface area contributed by atoms with E-state index in [0.29, 0.717) is 0 Å². The van der Waals surface area contributed by atoms with E-state index in [2.05, 4.69) is 47.6 Å². The third kappa shape index (κ3) is 3.54. The Hall–Kier alpha value is -0.260. The lowest BCUT2D eigenvalue weighted by Gasteiger charge is -2.18. The molecule has 0 nitrogen and oxygen atoms in total. The normalized spacial score (nSPS) is 32.2. The fourth-order valence-corrected chi connectivity index (χ4v) is 2.21. The molecule has 1 rings (SSSR count). The van der Waals surface area contributed by atoms with Gasteiger partial charge in [-0.2, -0.15) is 0 Å². The highest BCUT2D eigenvalue weighted by Crippen LogP contribution is 2.37. The van der Waals surface area contributed by atoms with E-state index in [9.17, 15) is 0 Å². The van der Waals surface area contributed by atoms with Gasteiger partial charge in [-0.1, -0.05) is 59.1 Å². The molecule has 0 aromatic rings. The lowest BCUT2D eigenvalue weighted by molar-refractivity contribution is 0.351. The minimum atomic E-state index is 0.819. The summed E-state index contributed by atoms with van der Waals surface area (Å²) >= 11 is 0. The average molecular weight is 182 g/mol. The summed E-state index contributed by atoms with van der Waals surface area (Å²) in [6.45, 7) is 13.5. The van der Waals surface area contributed by atoms with Crippen molar-refractivity contribution >= 4 is 0 Å². The largest absolute Gasteiger partial charge is 0.0822 e. The minimum Gasteiger partial charge on any atom is -0.0822 e. The van der Waals surface area contributed by atoms with Crippen LogP contribution in [-0.2, 0) is 0 Å². The molecule has 0 aromatic carbocycles. The van der Waals surface area contributed by atoms with E-state index in [0.717, 1.165) is 17.8 Å². The van der Waals surface area contributed by atoms with Crippen LogP contribution in [0.25, 0.3) is 0 Å². The summed E-state index contributed by atoms with van der Waals surface area (Å²) in [5.41, 5.74) is 1.60. The molecule has 3 atom stereocenters. The second-order valence-electron chi connectivity index (χ2n) is 4.34. The zero-order valence-electron chi connectivity index (χ0n) is 10.2. The van der Waals surface area contributed by atoms with Crippen LogP contribution in [0.4, 0.5) is 0 Å². The average Bonchev–Trinajstić information content (AvgIpc) is 2.28. The van der Waals surface area contributed by atoms with Crippen LogP contribution >= 0.6 is 0 Å². The highest BCUT2D eigenvalue weighted by Gasteiger charge is 2.27. The molecule has 0 bridgehead atoms.